The molecular weight excluding hydrogens is 505 g/mol. The highest BCUT2D eigenvalue weighted by molar-refractivity contribution is 7.97. The molecule has 0 nitrogen and oxygen atoms in total. The molecular formula is C29H24BF6S+. The van der Waals surface area contributed by atoms with Gasteiger partial charge in [0.1, 0.15) is 7.85 Å². The van der Waals surface area contributed by atoms with Gasteiger partial charge in [0, 0.05) is 0 Å². The molecule has 0 unspecified atom stereocenters. The van der Waals surface area contributed by atoms with E-state index in [1.54, 1.807) is 0 Å². The Hall–Kier alpha value is -3.13. The van der Waals surface area contributed by atoms with Crippen molar-refractivity contribution in [3.8, 4) is 0 Å². The Kier molecular flexibility index (Phi) is 8.85. The average molecular weight is 529 g/mol. The minimum absolute atomic E-state index is 0.0242. The van der Waals surface area contributed by atoms with Gasteiger partial charge in [0.15, 0.2) is 14.7 Å². The molecule has 0 bridgehead atoms. The van der Waals surface area contributed by atoms with Gasteiger partial charge in [0.2, 0.25) is 0 Å². The van der Waals surface area contributed by atoms with Crippen molar-refractivity contribution in [2.75, 3.05) is 0 Å². The standard InChI is InChI=1S/C21H21S.C8H3BF6/c1-16-4-10-19(11-5-16)22(20-12-6-17(2)7-13-20)21-14-8-18(3)9-15-21;9-6-2-4(7(10,11)12)1-5(3-6)8(13,14)15/h4-15H,1-3H3;1-3H/q+1;. The molecule has 0 heterocycles. The second-order valence-corrected chi connectivity index (χ2v) is 10.6. The molecule has 0 aliphatic carbocycles. The van der Waals surface area contributed by atoms with E-state index in [1.165, 1.54) is 31.4 Å². The Morgan fingerprint density at radius 3 is 1.00 bits per heavy atom. The van der Waals surface area contributed by atoms with E-state index in [4.69, 9.17) is 7.85 Å². The zero-order valence-electron chi connectivity index (χ0n) is 20.4. The van der Waals surface area contributed by atoms with Gasteiger partial charge in [-0.05, 0) is 63.2 Å². The van der Waals surface area contributed by atoms with E-state index in [0.29, 0.717) is 12.1 Å². The molecule has 0 N–H and O–H groups in total. The van der Waals surface area contributed by atoms with Crippen molar-refractivity contribution in [1.82, 2.24) is 0 Å². The molecule has 4 aromatic rings. The first-order chi connectivity index (χ1) is 17.2. The smallest absolute Gasteiger partial charge is 0.166 e. The van der Waals surface area contributed by atoms with E-state index < -0.39 is 28.9 Å². The molecule has 0 aliphatic heterocycles. The van der Waals surface area contributed by atoms with Gasteiger partial charge in [-0.1, -0.05) is 70.7 Å². The summed E-state index contributed by atoms with van der Waals surface area (Å²) in [6.45, 7) is 6.42. The van der Waals surface area contributed by atoms with Crippen LogP contribution in [-0.4, -0.2) is 7.85 Å². The van der Waals surface area contributed by atoms with Gasteiger partial charge >= 0.3 is 12.4 Å². The van der Waals surface area contributed by atoms with Gasteiger partial charge in [-0.25, -0.2) is 0 Å². The van der Waals surface area contributed by atoms with Gasteiger partial charge in [-0.3, -0.25) is 0 Å². The van der Waals surface area contributed by atoms with Gasteiger partial charge in [0.25, 0.3) is 0 Å². The first-order valence-corrected chi connectivity index (χ1v) is 12.5. The van der Waals surface area contributed by atoms with Gasteiger partial charge < -0.3 is 0 Å². The summed E-state index contributed by atoms with van der Waals surface area (Å²) in [5, 5.41) is 0. The number of benzene rings is 4. The highest BCUT2D eigenvalue weighted by atomic mass is 32.2. The monoisotopic (exact) mass is 529 g/mol. The minimum atomic E-state index is -4.84. The molecule has 8 heteroatoms. The largest absolute Gasteiger partial charge is 0.416 e. The Labute approximate surface area is 217 Å². The van der Waals surface area contributed by atoms with E-state index >= 15 is 0 Å². The van der Waals surface area contributed by atoms with Crippen LogP contribution < -0.4 is 5.46 Å². The van der Waals surface area contributed by atoms with E-state index in [1.807, 2.05) is 0 Å². The van der Waals surface area contributed by atoms with E-state index in [-0.39, 0.29) is 17.0 Å². The summed E-state index contributed by atoms with van der Waals surface area (Å²) < 4.78 is 72.7. The summed E-state index contributed by atoms with van der Waals surface area (Å²) in [4.78, 5) is 4.12. The number of hydrogen-bond donors (Lipinski definition) is 0. The molecule has 2 radical (unpaired) electrons. The van der Waals surface area contributed by atoms with Gasteiger partial charge in [-0.15, -0.1) is 0 Å². The fourth-order valence-electron chi connectivity index (χ4n) is 3.41. The van der Waals surface area contributed by atoms with Crippen molar-refractivity contribution < 1.29 is 26.3 Å². The number of alkyl halides is 6. The summed E-state index contributed by atoms with van der Waals surface area (Å²) >= 11 is 0. The summed E-state index contributed by atoms with van der Waals surface area (Å²) in [6, 6.07) is 27.7. The SMILES string of the molecule is Cc1ccc([S+](c2ccc(C)cc2)c2ccc(C)cc2)cc1.[B]c1cc(C(F)(F)F)cc(C(F)(F)F)c1. The van der Waals surface area contributed by atoms with Crippen LogP contribution >= 0.6 is 0 Å². The Bertz CT molecular complexity index is 1170. The number of hydrogen-bond acceptors (Lipinski definition) is 0. The predicted octanol–water partition coefficient (Wildman–Crippen LogP) is 8.23. The van der Waals surface area contributed by atoms with Crippen molar-refractivity contribution in [3.05, 3.63) is 119 Å². The van der Waals surface area contributed by atoms with Crippen LogP contribution in [0.15, 0.2) is 106 Å². The van der Waals surface area contributed by atoms with Crippen LogP contribution in [0.3, 0.4) is 0 Å². The Balaban J connectivity index is 0.000000222. The number of aryl methyl sites for hydroxylation is 3. The molecule has 0 amide bonds. The fraction of sp³-hybridized carbons (Fsp3) is 0.172. The summed E-state index contributed by atoms with van der Waals surface area (Å²) in [6.07, 6.45) is -9.68. The van der Waals surface area contributed by atoms with Crippen molar-refractivity contribution in [2.45, 2.75) is 47.8 Å². The lowest BCUT2D eigenvalue weighted by molar-refractivity contribution is -0.142. The molecule has 0 spiro atoms. The first-order valence-electron chi connectivity index (χ1n) is 11.2. The molecule has 4 rings (SSSR count). The third-order valence-electron chi connectivity index (χ3n) is 5.38. The number of halogens is 6. The molecule has 0 aromatic heterocycles. The molecule has 37 heavy (non-hydrogen) atoms. The van der Waals surface area contributed by atoms with Crippen LogP contribution in [0.5, 0.6) is 0 Å². The maximum absolute atomic E-state index is 12.1. The molecule has 190 valence electrons. The van der Waals surface area contributed by atoms with E-state index in [0.717, 1.165) is 0 Å². The molecule has 0 saturated carbocycles. The van der Waals surface area contributed by atoms with Crippen LogP contribution in [0.4, 0.5) is 26.3 Å². The Morgan fingerprint density at radius 2 is 0.757 bits per heavy atom. The summed E-state index contributed by atoms with van der Waals surface area (Å²) in [5.74, 6) is 0. The number of rotatable bonds is 3. The average Bonchev–Trinajstić information content (AvgIpc) is 2.82. The van der Waals surface area contributed by atoms with E-state index in [2.05, 4.69) is 93.6 Å². The summed E-state index contributed by atoms with van der Waals surface area (Å²) in [5.41, 5.74) is 0.530. The Morgan fingerprint density at radius 1 is 0.486 bits per heavy atom. The first kappa shape index (κ1) is 28.4. The van der Waals surface area contributed by atoms with Crippen molar-refractivity contribution in [2.24, 2.45) is 0 Å². The lowest BCUT2D eigenvalue weighted by Crippen LogP contribution is -2.16. The zero-order chi connectivity index (χ0) is 27.4. The second-order valence-electron chi connectivity index (χ2n) is 8.58. The fourth-order valence-corrected chi connectivity index (χ4v) is 5.45. The van der Waals surface area contributed by atoms with Crippen LogP contribution in [-0.2, 0) is 23.2 Å². The second kappa shape index (κ2) is 11.5. The quantitative estimate of drug-likeness (QED) is 0.143. The third-order valence-corrected chi connectivity index (χ3v) is 7.61. The van der Waals surface area contributed by atoms with Crippen LogP contribution in [0.25, 0.3) is 0 Å². The molecule has 0 atom stereocenters. The molecule has 0 aliphatic rings. The lowest BCUT2D eigenvalue weighted by atomic mass is 9.91. The predicted molar refractivity (Wildman–Crippen MR) is 138 cm³/mol. The zero-order valence-corrected chi connectivity index (χ0v) is 21.2. The highest BCUT2D eigenvalue weighted by Crippen LogP contribution is 2.34. The minimum Gasteiger partial charge on any atom is -0.166 e. The van der Waals surface area contributed by atoms with E-state index in [9.17, 15) is 26.3 Å². The van der Waals surface area contributed by atoms with Crippen LogP contribution in [0.2, 0.25) is 0 Å². The van der Waals surface area contributed by atoms with Crippen molar-refractivity contribution in [1.29, 1.82) is 0 Å². The topological polar surface area (TPSA) is 0 Å². The third kappa shape index (κ3) is 7.93. The summed E-state index contributed by atoms with van der Waals surface area (Å²) in [7, 11) is 4.91. The maximum atomic E-state index is 12.1. The van der Waals surface area contributed by atoms with Crippen molar-refractivity contribution >= 4 is 24.2 Å². The molecule has 0 fully saturated rings. The maximum Gasteiger partial charge on any atom is 0.416 e. The van der Waals surface area contributed by atoms with Gasteiger partial charge in [0.05, 0.1) is 22.0 Å². The van der Waals surface area contributed by atoms with Crippen LogP contribution in [0.1, 0.15) is 27.8 Å². The van der Waals surface area contributed by atoms with Gasteiger partial charge in [-0.2, -0.15) is 26.3 Å². The molecule has 0 saturated heterocycles. The molecule has 4 aromatic carbocycles. The lowest BCUT2D eigenvalue weighted by Gasteiger charge is -2.12. The normalized spacial score (nSPS) is 11.7. The van der Waals surface area contributed by atoms with Crippen molar-refractivity contribution in [3.63, 3.8) is 0 Å². The van der Waals surface area contributed by atoms with Crippen LogP contribution in [0, 0.1) is 20.8 Å². The highest BCUT2D eigenvalue weighted by Gasteiger charge is 2.36.